The molecule has 0 aliphatic carbocycles. The molecule has 0 saturated carbocycles. The molecule has 0 bridgehead atoms. The number of furan rings is 1. The van der Waals surface area contributed by atoms with Gasteiger partial charge in [-0.25, -0.2) is 22.8 Å². The van der Waals surface area contributed by atoms with Gasteiger partial charge in [-0.15, -0.1) is 10.2 Å². The maximum Gasteiger partial charge on any atom is 0.243 e. The first kappa shape index (κ1) is 26.0. The lowest BCUT2D eigenvalue weighted by molar-refractivity contribution is 0.0948. The molecule has 0 fully saturated rings. The molecule has 3 heterocycles. The minimum absolute atomic E-state index is 0.00129. The molecule has 1 N–H and O–H groups in total. The van der Waals surface area contributed by atoms with Crippen molar-refractivity contribution in [3.63, 3.8) is 0 Å². The Morgan fingerprint density at radius 3 is 2.22 bits per heavy atom. The number of aromatic nitrogens is 5. The Kier molecular flexibility index (Phi) is 7.40. The van der Waals surface area contributed by atoms with Gasteiger partial charge in [0.15, 0.2) is 17.4 Å². The fourth-order valence-corrected chi connectivity index (χ4v) is 4.82. The third-order valence-electron chi connectivity index (χ3n) is 5.55. The van der Waals surface area contributed by atoms with Gasteiger partial charge in [-0.1, -0.05) is 6.07 Å². The minimum Gasteiger partial charge on any atom is -0.494 e. The predicted octanol–water partition coefficient (Wildman–Crippen LogP) is 3.30. The highest BCUT2D eigenvalue weighted by Gasteiger charge is 2.35. The zero-order valence-corrected chi connectivity index (χ0v) is 21.5. The second kappa shape index (κ2) is 10.5. The highest BCUT2D eigenvalue weighted by molar-refractivity contribution is 7.93. The molecular formula is C23H25FN6O6S. The molecule has 37 heavy (non-hydrogen) atoms. The Morgan fingerprint density at radius 1 is 1.03 bits per heavy atom. The van der Waals surface area contributed by atoms with Gasteiger partial charge in [0.05, 0.1) is 26.6 Å². The van der Waals surface area contributed by atoms with Crippen LogP contribution in [0.5, 0.6) is 11.5 Å². The average Bonchev–Trinajstić information content (AvgIpc) is 3.50. The highest BCUT2D eigenvalue weighted by Crippen LogP contribution is 2.38. The number of benzene rings is 1. The van der Waals surface area contributed by atoms with E-state index in [-0.39, 0.29) is 17.6 Å². The molecule has 4 aromatic rings. The fraction of sp³-hybridized carbons (Fsp3) is 0.304. The fourth-order valence-electron chi connectivity index (χ4n) is 3.69. The molecule has 0 amide bonds. The first-order valence-corrected chi connectivity index (χ1v) is 12.5. The summed E-state index contributed by atoms with van der Waals surface area (Å²) in [4.78, 5) is 7.73. The minimum atomic E-state index is -4.20. The van der Waals surface area contributed by atoms with Crippen LogP contribution in [-0.2, 0) is 14.8 Å². The van der Waals surface area contributed by atoms with Crippen LogP contribution < -0.4 is 14.2 Å². The molecule has 0 aliphatic rings. The van der Waals surface area contributed by atoms with Crippen LogP contribution in [0.3, 0.4) is 0 Å². The van der Waals surface area contributed by atoms with Crippen LogP contribution in [0.2, 0.25) is 0 Å². The summed E-state index contributed by atoms with van der Waals surface area (Å²) in [5.41, 5.74) is 0.345. The molecule has 2 atom stereocenters. The van der Waals surface area contributed by atoms with E-state index in [1.54, 1.807) is 37.3 Å². The van der Waals surface area contributed by atoms with Gasteiger partial charge in [0.25, 0.3) is 0 Å². The highest BCUT2D eigenvalue weighted by atomic mass is 32.2. The van der Waals surface area contributed by atoms with E-state index >= 15 is 0 Å². The van der Waals surface area contributed by atoms with E-state index in [4.69, 9.17) is 18.6 Å². The van der Waals surface area contributed by atoms with Crippen molar-refractivity contribution in [1.82, 2.24) is 24.7 Å². The maximum absolute atomic E-state index is 13.5. The lowest BCUT2D eigenvalue weighted by Crippen LogP contribution is -2.33. The summed E-state index contributed by atoms with van der Waals surface area (Å²) in [7, 11) is 0.0467. The summed E-state index contributed by atoms with van der Waals surface area (Å²) in [6.45, 7) is 3.17. The number of nitrogens with one attached hydrogen (secondary N) is 1. The second-order valence-corrected chi connectivity index (χ2v) is 9.91. The van der Waals surface area contributed by atoms with E-state index < -0.39 is 27.2 Å². The van der Waals surface area contributed by atoms with E-state index in [1.807, 2.05) is 0 Å². The second-order valence-electron chi connectivity index (χ2n) is 7.87. The summed E-state index contributed by atoms with van der Waals surface area (Å²) in [6, 6.07) is 8.52. The number of ether oxygens (including phenoxy) is 3. The van der Waals surface area contributed by atoms with Gasteiger partial charge < -0.3 is 18.6 Å². The van der Waals surface area contributed by atoms with Crippen LogP contribution in [0.4, 0.5) is 10.3 Å². The lowest BCUT2D eigenvalue weighted by Gasteiger charge is -2.22. The first-order valence-electron chi connectivity index (χ1n) is 11.0. The number of sulfonamides is 1. The molecule has 0 unspecified atom stereocenters. The number of rotatable bonds is 10. The monoisotopic (exact) mass is 532 g/mol. The van der Waals surface area contributed by atoms with E-state index in [0.717, 1.165) is 12.4 Å². The largest absolute Gasteiger partial charge is 0.494 e. The molecule has 0 saturated heterocycles. The number of nitrogens with zero attached hydrogens (tertiary/aromatic N) is 5. The smallest absolute Gasteiger partial charge is 0.243 e. The van der Waals surface area contributed by atoms with Crippen molar-refractivity contribution in [3.05, 3.63) is 60.1 Å². The molecule has 4 rings (SSSR count). The van der Waals surface area contributed by atoms with Crippen molar-refractivity contribution in [2.45, 2.75) is 25.2 Å². The summed E-state index contributed by atoms with van der Waals surface area (Å²) >= 11 is 0. The number of para-hydroxylation sites is 1. The number of methoxy groups -OCH3 is 3. The third-order valence-corrected chi connectivity index (χ3v) is 7.24. The zero-order chi connectivity index (χ0) is 26.7. The quantitative estimate of drug-likeness (QED) is 0.323. The molecule has 3 aromatic heterocycles. The zero-order valence-electron chi connectivity index (χ0n) is 20.7. The van der Waals surface area contributed by atoms with E-state index in [2.05, 4.69) is 24.9 Å². The molecule has 14 heteroatoms. The van der Waals surface area contributed by atoms with Crippen molar-refractivity contribution in [2.75, 3.05) is 26.1 Å². The number of anilines is 1. The number of hydrogen-bond donors (Lipinski definition) is 1. The Balaban J connectivity index is 1.82. The van der Waals surface area contributed by atoms with Crippen LogP contribution in [0, 0.1) is 12.7 Å². The van der Waals surface area contributed by atoms with E-state index in [0.29, 0.717) is 28.7 Å². The molecule has 0 radical (unpaired) electrons. The first-order chi connectivity index (χ1) is 17.7. The lowest BCUT2D eigenvalue weighted by atomic mass is 10.2. The topological polar surface area (TPSA) is 143 Å². The number of hydrogen-bond acceptors (Lipinski definition) is 10. The van der Waals surface area contributed by atoms with Gasteiger partial charge in [-0.3, -0.25) is 9.29 Å². The van der Waals surface area contributed by atoms with Crippen LogP contribution in [0.25, 0.3) is 17.3 Å². The van der Waals surface area contributed by atoms with E-state index in [1.165, 1.54) is 32.8 Å². The Labute approximate surface area is 212 Å². The molecule has 12 nitrogen and oxygen atoms in total. The molecule has 0 spiro atoms. The summed E-state index contributed by atoms with van der Waals surface area (Å²) in [6.07, 6.45) is 0.759. The average molecular weight is 533 g/mol. The van der Waals surface area contributed by atoms with Crippen LogP contribution in [0.15, 0.2) is 47.1 Å². The van der Waals surface area contributed by atoms with Crippen molar-refractivity contribution >= 4 is 16.0 Å². The van der Waals surface area contributed by atoms with Crippen LogP contribution in [0.1, 0.15) is 24.6 Å². The van der Waals surface area contributed by atoms with Gasteiger partial charge in [0, 0.05) is 7.11 Å². The standard InChI is InChI=1S/C23H25FN6O6S/c1-13-9-10-18(36-13)22-27-28-23(30(22)19-16(33-3)7-6-8-17(19)34-4)29-37(31,32)14(2)20(35-5)21-25-11-15(24)12-26-21/h6-12,14,20H,1-5H3,(H,28,29)/t14-,20+/m1/s1. The van der Waals surface area contributed by atoms with Crippen molar-refractivity contribution in [2.24, 2.45) is 0 Å². The Bertz CT molecular complexity index is 1470. The molecule has 0 aliphatic heterocycles. The van der Waals surface area contributed by atoms with Crippen molar-refractivity contribution in [1.29, 1.82) is 0 Å². The summed E-state index contributed by atoms with van der Waals surface area (Å²) < 4.78 is 66.4. The predicted molar refractivity (Wildman–Crippen MR) is 131 cm³/mol. The molecular weight excluding hydrogens is 507 g/mol. The third kappa shape index (κ3) is 5.11. The van der Waals surface area contributed by atoms with Gasteiger partial charge in [-0.05, 0) is 38.1 Å². The van der Waals surface area contributed by atoms with Gasteiger partial charge in [0.1, 0.15) is 34.3 Å². The van der Waals surface area contributed by atoms with Crippen LogP contribution in [-0.4, -0.2) is 59.7 Å². The Hall–Kier alpha value is -4.04. The molecule has 1 aromatic carbocycles. The summed E-state index contributed by atoms with van der Waals surface area (Å²) in [5, 5.41) is 7.06. The normalized spacial score (nSPS) is 13.2. The molecule has 196 valence electrons. The van der Waals surface area contributed by atoms with Gasteiger partial charge >= 0.3 is 0 Å². The van der Waals surface area contributed by atoms with E-state index in [9.17, 15) is 12.8 Å². The van der Waals surface area contributed by atoms with Gasteiger partial charge in [-0.2, -0.15) is 0 Å². The van der Waals surface area contributed by atoms with Crippen molar-refractivity contribution in [3.8, 4) is 28.8 Å². The van der Waals surface area contributed by atoms with Gasteiger partial charge in [0.2, 0.25) is 21.8 Å². The SMILES string of the molecule is COc1cccc(OC)c1-n1c(NS(=O)(=O)[C@H](C)[C@H](OC)c2ncc(F)cn2)nnc1-c1ccc(C)o1. The van der Waals surface area contributed by atoms with Crippen LogP contribution >= 0.6 is 0 Å². The van der Waals surface area contributed by atoms with Crippen molar-refractivity contribution < 1.29 is 31.4 Å². The summed E-state index contributed by atoms with van der Waals surface area (Å²) in [5.74, 6) is 1.08. The number of aryl methyl sites for hydroxylation is 1. The number of halogens is 1. The Morgan fingerprint density at radius 2 is 1.68 bits per heavy atom. The maximum atomic E-state index is 13.5.